The molecular formula is C32H50N2O3. The van der Waals surface area contributed by atoms with Crippen molar-refractivity contribution in [3.8, 4) is 11.5 Å². The summed E-state index contributed by atoms with van der Waals surface area (Å²) in [5, 5.41) is 2.18. The Morgan fingerprint density at radius 2 is 0.946 bits per heavy atom. The molecule has 1 aromatic heterocycles. The van der Waals surface area contributed by atoms with E-state index in [0.717, 1.165) is 85.7 Å². The fraction of sp³-hybridized carbons (Fsp3) is 0.625. The minimum atomic E-state index is 0.760. The Morgan fingerprint density at radius 3 is 1.35 bits per heavy atom. The van der Waals surface area contributed by atoms with Crippen LogP contribution in [-0.4, -0.2) is 62.3 Å². The predicted molar refractivity (Wildman–Crippen MR) is 157 cm³/mol. The highest BCUT2D eigenvalue weighted by molar-refractivity contribution is 6.05. The molecule has 0 N–H and O–H groups in total. The monoisotopic (exact) mass is 510 g/mol. The van der Waals surface area contributed by atoms with Crippen molar-refractivity contribution in [2.45, 2.75) is 79.1 Å². The fourth-order valence-corrected chi connectivity index (χ4v) is 4.96. The SMILES string of the molecule is CCN(CC)CCCCCCOc1ccc2oc3ccc(OCCCCCCN(CC)CC)cc3c2c1. The Labute approximate surface area is 225 Å². The fourth-order valence-electron chi connectivity index (χ4n) is 4.96. The normalized spacial score (nSPS) is 11.8. The van der Waals surface area contributed by atoms with E-state index in [2.05, 4.69) is 49.6 Å². The van der Waals surface area contributed by atoms with Crippen LogP contribution in [0.2, 0.25) is 0 Å². The number of hydrogen-bond acceptors (Lipinski definition) is 5. The number of furan rings is 1. The number of fused-ring (bicyclic) bond motifs is 3. The van der Waals surface area contributed by atoms with Crippen molar-refractivity contribution < 1.29 is 13.9 Å². The van der Waals surface area contributed by atoms with E-state index in [1.54, 1.807) is 0 Å². The van der Waals surface area contributed by atoms with Gasteiger partial charge in [-0.05, 0) is 101 Å². The molecule has 0 atom stereocenters. The molecule has 0 unspecified atom stereocenters. The van der Waals surface area contributed by atoms with Gasteiger partial charge in [0.25, 0.3) is 0 Å². The quantitative estimate of drug-likeness (QED) is 0.143. The molecule has 0 bridgehead atoms. The summed E-state index contributed by atoms with van der Waals surface area (Å²) in [6.07, 6.45) is 9.70. The molecule has 0 amide bonds. The molecule has 37 heavy (non-hydrogen) atoms. The van der Waals surface area contributed by atoms with E-state index in [-0.39, 0.29) is 0 Å². The lowest BCUT2D eigenvalue weighted by atomic mass is 10.1. The first-order chi connectivity index (χ1) is 18.2. The van der Waals surface area contributed by atoms with Gasteiger partial charge >= 0.3 is 0 Å². The van der Waals surface area contributed by atoms with Gasteiger partial charge in [-0.25, -0.2) is 0 Å². The highest BCUT2D eigenvalue weighted by Crippen LogP contribution is 2.33. The van der Waals surface area contributed by atoms with Crippen LogP contribution in [0.3, 0.4) is 0 Å². The van der Waals surface area contributed by atoms with Gasteiger partial charge in [0.2, 0.25) is 0 Å². The third-order valence-corrected chi connectivity index (χ3v) is 7.48. The first-order valence-electron chi connectivity index (χ1n) is 14.8. The molecule has 1 heterocycles. The minimum absolute atomic E-state index is 0.760. The summed E-state index contributed by atoms with van der Waals surface area (Å²) in [7, 11) is 0. The van der Waals surface area contributed by atoms with Crippen LogP contribution in [0.15, 0.2) is 40.8 Å². The van der Waals surface area contributed by atoms with Crippen molar-refractivity contribution in [1.29, 1.82) is 0 Å². The topological polar surface area (TPSA) is 38.1 Å². The standard InChI is InChI=1S/C32H50N2O3/c1-5-33(6-2)21-13-9-11-15-23-35-27-17-19-31-29(25-27)30-26-28(18-20-32(30)37-31)36-24-16-12-10-14-22-34(7-3)8-4/h17-20,25-26H,5-16,21-24H2,1-4H3. The lowest BCUT2D eigenvalue weighted by Gasteiger charge is -2.17. The zero-order valence-corrected chi connectivity index (χ0v) is 23.9. The Morgan fingerprint density at radius 1 is 0.541 bits per heavy atom. The molecule has 0 spiro atoms. The third-order valence-electron chi connectivity index (χ3n) is 7.48. The summed E-state index contributed by atoms with van der Waals surface area (Å²) in [5.41, 5.74) is 1.79. The van der Waals surface area contributed by atoms with Crippen LogP contribution >= 0.6 is 0 Å². The highest BCUT2D eigenvalue weighted by Gasteiger charge is 2.10. The zero-order valence-electron chi connectivity index (χ0n) is 23.9. The maximum absolute atomic E-state index is 6.09. The molecule has 0 aliphatic rings. The van der Waals surface area contributed by atoms with Crippen molar-refractivity contribution in [2.24, 2.45) is 0 Å². The van der Waals surface area contributed by atoms with E-state index in [1.807, 2.05) is 24.3 Å². The molecular weight excluding hydrogens is 460 g/mol. The summed E-state index contributed by atoms with van der Waals surface area (Å²) in [4.78, 5) is 4.99. The Kier molecular flexibility index (Phi) is 13.1. The number of unbranched alkanes of at least 4 members (excludes halogenated alkanes) is 6. The van der Waals surface area contributed by atoms with Gasteiger partial charge in [-0.3, -0.25) is 0 Å². The lowest BCUT2D eigenvalue weighted by Crippen LogP contribution is -2.23. The van der Waals surface area contributed by atoms with Gasteiger partial charge in [-0.1, -0.05) is 53.4 Å². The maximum Gasteiger partial charge on any atom is 0.135 e. The second-order valence-electron chi connectivity index (χ2n) is 10.00. The van der Waals surface area contributed by atoms with E-state index < -0.39 is 0 Å². The van der Waals surface area contributed by atoms with Crippen LogP contribution in [0.25, 0.3) is 21.9 Å². The Balaban J connectivity index is 1.42. The number of rotatable bonds is 20. The first kappa shape index (κ1) is 29.3. The van der Waals surface area contributed by atoms with Crippen LogP contribution in [0.4, 0.5) is 0 Å². The van der Waals surface area contributed by atoms with Gasteiger partial charge in [0.15, 0.2) is 0 Å². The number of hydrogen-bond donors (Lipinski definition) is 0. The first-order valence-corrected chi connectivity index (χ1v) is 14.8. The second kappa shape index (κ2) is 16.6. The average molecular weight is 511 g/mol. The van der Waals surface area contributed by atoms with Gasteiger partial charge in [-0.15, -0.1) is 0 Å². The van der Waals surface area contributed by atoms with Crippen molar-refractivity contribution in [3.05, 3.63) is 36.4 Å². The van der Waals surface area contributed by atoms with E-state index in [0.29, 0.717) is 0 Å². The number of nitrogens with zero attached hydrogens (tertiary/aromatic N) is 2. The maximum atomic E-state index is 6.09. The van der Waals surface area contributed by atoms with Crippen molar-refractivity contribution >= 4 is 21.9 Å². The Hall–Kier alpha value is -2.24. The van der Waals surface area contributed by atoms with Gasteiger partial charge in [0.1, 0.15) is 22.7 Å². The van der Waals surface area contributed by atoms with E-state index in [4.69, 9.17) is 13.9 Å². The third kappa shape index (κ3) is 9.54. The van der Waals surface area contributed by atoms with Gasteiger partial charge in [0.05, 0.1) is 13.2 Å². The van der Waals surface area contributed by atoms with Crippen molar-refractivity contribution in [1.82, 2.24) is 9.80 Å². The van der Waals surface area contributed by atoms with Crippen LogP contribution in [-0.2, 0) is 0 Å². The average Bonchev–Trinajstić information content (AvgIpc) is 3.29. The molecule has 0 fully saturated rings. The van der Waals surface area contributed by atoms with Gasteiger partial charge in [0, 0.05) is 10.8 Å². The summed E-state index contributed by atoms with van der Waals surface area (Å²) >= 11 is 0. The zero-order chi connectivity index (χ0) is 26.3. The van der Waals surface area contributed by atoms with Crippen molar-refractivity contribution in [2.75, 3.05) is 52.5 Å². The molecule has 206 valence electrons. The highest BCUT2D eigenvalue weighted by atomic mass is 16.5. The van der Waals surface area contributed by atoms with Crippen LogP contribution in [0, 0.1) is 0 Å². The summed E-state index contributed by atoms with van der Waals surface area (Å²) in [5.74, 6) is 1.82. The Bertz CT molecular complexity index is 943. The molecule has 2 aromatic carbocycles. The van der Waals surface area contributed by atoms with Crippen LogP contribution in [0.1, 0.15) is 79.1 Å². The molecule has 0 radical (unpaired) electrons. The van der Waals surface area contributed by atoms with Gasteiger partial charge < -0.3 is 23.7 Å². The lowest BCUT2D eigenvalue weighted by molar-refractivity contribution is 0.284. The van der Waals surface area contributed by atoms with Crippen LogP contribution in [0.5, 0.6) is 11.5 Å². The van der Waals surface area contributed by atoms with Crippen LogP contribution < -0.4 is 9.47 Å². The molecule has 3 rings (SSSR count). The van der Waals surface area contributed by atoms with Crippen molar-refractivity contribution in [3.63, 3.8) is 0 Å². The molecule has 5 nitrogen and oxygen atoms in total. The smallest absolute Gasteiger partial charge is 0.135 e. The number of benzene rings is 2. The summed E-state index contributed by atoms with van der Waals surface area (Å²) in [6.45, 7) is 17.5. The van der Waals surface area contributed by atoms with E-state index in [9.17, 15) is 0 Å². The molecule has 3 aromatic rings. The largest absolute Gasteiger partial charge is 0.494 e. The molecule has 0 aliphatic carbocycles. The van der Waals surface area contributed by atoms with E-state index in [1.165, 1.54) is 51.6 Å². The molecule has 0 saturated carbocycles. The van der Waals surface area contributed by atoms with E-state index >= 15 is 0 Å². The number of ether oxygens (including phenoxy) is 2. The minimum Gasteiger partial charge on any atom is -0.494 e. The predicted octanol–water partition coefficient (Wildman–Crippen LogP) is 8.15. The summed E-state index contributed by atoms with van der Waals surface area (Å²) in [6, 6.07) is 12.3. The second-order valence-corrected chi connectivity index (χ2v) is 10.00. The van der Waals surface area contributed by atoms with Gasteiger partial charge in [-0.2, -0.15) is 0 Å². The molecule has 0 saturated heterocycles. The summed E-state index contributed by atoms with van der Waals surface area (Å²) < 4.78 is 18.2. The molecule has 5 heteroatoms. The molecule has 0 aliphatic heterocycles.